The Morgan fingerprint density at radius 2 is 1.97 bits per heavy atom. The third-order valence-electron chi connectivity index (χ3n) is 5.08. The molecule has 13 nitrogen and oxygen atoms in total. The highest BCUT2D eigenvalue weighted by atomic mass is 32.2. The van der Waals surface area contributed by atoms with Crippen LogP contribution >= 0.6 is 0 Å². The first-order valence-electron chi connectivity index (χ1n) is 10.6. The second-order valence-corrected chi connectivity index (χ2v) is 11.1. The molecule has 4 rings (SSSR count). The molecule has 0 aliphatic carbocycles. The molecule has 2 aromatic heterocycles. The van der Waals surface area contributed by atoms with Crippen molar-refractivity contribution in [3.05, 3.63) is 24.6 Å². The Labute approximate surface area is 196 Å². The predicted molar refractivity (Wildman–Crippen MR) is 120 cm³/mol. The van der Waals surface area contributed by atoms with Crippen LogP contribution in [-0.4, -0.2) is 70.3 Å². The van der Waals surface area contributed by atoms with Crippen molar-refractivity contribution >= 4 is 33.1 Å². The lowest BCUT2D eigenvalue weighted by Crippen LogP contribution is -2.39. The number of carbonyl (C=O) groups excluding carboxylic acids is 1. The van der Waals surface area contributed by atoms with Crippen LogP contribution in [0.1, 0.15) is 40.8 Å². The summed E-state index contributed by atoms with van der Waals surface area (Å²) < 4.78 is 51.2. The van der Waals surface area contributed by atoms with E-state index in [1.807, 2.05) is 0 Å². The Morgan fingerprint density at radius 1 is 1.26 bits per heavy atom. The number of fused-ring (bicyclic) bond motifs is 2. The molecule has 2 aliphatic rings. The maximum absolute atomic E-state index is 12.2. The molecule has 0 aromatic carbocycles. The van der Waals surface area contributed by atoms with Gasteiger partial charge in [0.15, 0.2) is 29.0 Å². The van der Waals surface area contributed by atoms with Crippen LogP contribution in [0.4, 0.5) is 10.6 Å². The second kappa shape index (κ2) is 8.53. The standard InChI is InChI=1S/C20H28N6O7S/c1-7-34(28,29)24-8-11-13-14(32-20(5,6)31-13)17(30-11)26-10-23-12-15(21-9-22-16(12)26)25-18(27)33-19(2,3)4/h7,9-11,13-14,17,24H,1,8H2,2-6H3,(H,21,22,25,27)/t11-,13+,14?,17-/m1/s1. The van der Waals surface area contributed by atoms with Crippen molar-refractivity contribution in [1.29, 1.82) is 0 Å². The minimum absolute atomic E-state index is 0.0431. The monoisotopic (exact) mass is 496 g/mol. The average Bonchev–Trinajstić information content (AvgIpc) is 3.36. The zero-order chi connectivity index (χ0) is 24.9. The van der Waals surface area contributed by atoms with Crippen molar-refractivity contribution < 1.29 is 32.2 Å². The van der Waals surface area contributed by atoms with E-state index in [1.54, 1.807) is 39.2 Å². The summed E-state index contributed by atoms with van der Waals surface area (Å²) in [5.74, 6) is -0.728. The van der Waals surface area contributed by atoms with Gasteiger partial charge in [0.25, 0.3) is 0 Å². The minimum Gasteiger partial charge on any atom is -0.444 e. The van der Waals surface area contributed by atoms with Gasteiger partial charge in [0.1, 0.15) is 30.2 Å². The highest BCUT2D eigenvalue weighted by molar-refractivity contribution is 7.92. The quantitative estimate of drug-likeness (QED) is 0.603. The van der Waals surface area contributed by atoms with Gasteiger partial charge in [-0.3, -0.25) is 9.88 Å². The van der Waals surface area contributed by atoms with Gasteiger partial charge in [0.2, 0.25) is 10.0 Å². The molecule has 2 N–H and O–H groups in total. The number of sulfonamides is 1. The fraction of sp³-hybridized carbons (Fsp3) is 0.600. The van der Waals surface area contributed by atoms with Crippen molar-refractivity contribution in [1.82, 2.24) is 24.2 Å². The fourth-order valence-corrected chi connectivity index (χ4v) is 4.35. The number of hydrogen-bond acceptors (Lipinski definition) is 10. The van der Waals surface area contributed by atoms with E-state index < -0.39 is 52.0 Å². The SMILES string of the molecule is C=CS(=O)(=O)NC[C@H]1O[C@@H](n2cnc3c(NC(=O)OC(C)(C)C)ncnc32)C2OC(C)(C)O[C@H]21. The maximum atomic E-state index is 12.2. The van der Waals surface area contributed by atoms with Crippen LogP contribution in [-0.2, 0) is 29.0 Å². The van der Waals surface area contributed by atoms with E-state index in [2.05, 4.69) is 31.6 Å². The van der Waals surface area contributed by atoms with Crippen LogP contribution in [0, 0.1) is 0 Å². The van der Waals surface area contributed by atoms with Gasteiger partial charge in [-0.1, -0.05) is 6.58 Å². The fourth-order valence-electron chi connectivity index (χ4n) is 3.83. The van der Waals surface area contributed by atoms with Crippen molar-refractivity contribution in [2.24, 2.45) is 0 Å². The zero-order valence-electron chi connectivity index (χ0n) is 19.5. The molecule has 0 bridgehead atoms. The van der Waals surface area contributed by atoms with Gasteiger partial charge in [0.05, 0.1) is 6.33 Å². The molecule has 4 heterocycles. The Kier molecular flexibility index (Phi) is 6.14. The maximum Gasteiger partial charge on any atom is 0.413 e. The summed E-state index contributed by atoms with van der Waals surface area (Å²) in [6.45, 7) is 12.0. The Bertz CT molecular complexity index is 1210. The number of aromatic nitrogens is 4. The molecule has 2 fully saturated rings. The van der Waals surface area contributed by atoms with Crippen LogP contribution < -0.4 is 10.0 Å². The van der Waals surface area contributed by atoms with E-state index in [1.165, 1.54) is 12.7 Å². The number of nitrogens with zero attached hydrogens (tertiary/aromatic N) is 4. The molecule has 1 unspecified atom stereocenters. The first-order valence-corrected chi connectivity index (χ1v) is 12.1. The van der Waals surface area contributed by atoms with Gasteiger partial charge in [-0.2, -0.15) is 0 Å². The van der Waals surface area contributed by atoms with Gasteiger partial charge in [-0.15, -0.1) is 0 Å². The molecule has 2 aliphatic heterocycles. The molecule has 0 spiro atoms. The summed E-state index contributed by atoms with van der Waals surface area (Å²) in [6.07, 6.45) is -0.390. The molecule has 0 saturated carbocycles. The molecule has 2 saturated heterocycles. The Hall–Kier alpha value is -2.65. The lowest BCUT2D eigenvalue weighted by Gasteiger charge is -2.24. The molecule has 186 valence electrons. The summed E-state index contributed by atoms with van der Waals surface area (Å²) in [6, 6.07) is 0. The molecular weight excluding hydrogens is 468 g/mol. The number of ether oxygens (including phenoxy) is 4. The largest absolute Gasteiger partial charge is 0.444 e. The van der Waals surface area contributed by atoms with Gasteiger partial charge in [-0.05, 0) is 34.6 Å². The smallest absolute Gasteiger partial charge is 0.413 e. The van der Waals surface area contributed by atoms with Crippen LogP contribution in [0.3, 0.4) is 0 Å². The normalized spacial score (nSPS) is 26.4. The average molecular weight is 497 g/mol. The Morgan fingerprint density at radius 3 is 2.65 bits per heavy atom. The molecule has 34 heavy (non-hydrogen) atoms. The summed E-state index contributed by atoms with van der Waals surface area (Å²) in [4.78, 5) is 25.0. The zero-order valence-corrected chi connectivity index (χ0v) is 20.3. The lowest BCUT2D eigenvalue weighted by atomic mass is 10.1. The van der Waals surface area contributed by atoms with Gasteiger partial charge >= 0.3 is 6.09 Å². The third-order valence-corrected chi connectivity index (χ3v) is 6.09. The molecule has 0 radical (unpaired) electrons. The summed E-state index contributed by atoms with van der Waals surface area (Å²) in [5, 5.41) is 3.41. The first kappa shape index (κ1) is 24.5. The van der Waals surface area contributed by atoms with Crippen LogP contribution in [0.15, 0.2) is 24.6 Å². The van der Waals surface area contributed by atoms with Crippen LogP contribution in [0.5, 0.6) is 0 Å². The Balaban J connectivity index is 1.62. The predicted octanol–water partition coefficient (Wildman–Crippen LogP) is 1.65. The van der Waals surface area contributed by atoms with E-state index in [4.69, 9.17) is 18.9 Å². The molecule has 1 amide bonds. The second-order valence-electron chi connectivity index (χ2n) is 9.36. The molecule has 14 heteroatoms. The topological polar surface area (TPSA) is 156 Å². The van der Waals surface area contributed by atoms with E-state index >= 15 is 0 Å². The van der Waals surface area contributed by atoms with E-state index in [-0.39, 0.29) is 12.4 Å². The van der Waals surface area contributed by atoms with Crippen LogP contribution in [0.2, 0.25) is 0 Å². The van der Waals surface area contributed by atoms with Crippen molar-refractivity contribution in [2.45, 2.75) is 70.5 Å². The van der Waals surface area contributed by atoms with Gasteiger partial charge in [-0.25, -0.2) is 32.9 Å². The van der Waals surface area contributed by atoms with E-state index in [0.29, 0.717) is 11.2 Å². The third kappa shape index (κ3) is 5.05. The molecular formula is C20H28N6O7S. The van der Waals surface area contributed by atoms with E-state index in [0.717, 1.165) is 5.41 Å². The number of amides is 1. The van der Waals surface area contributed by atoms with Crippen molar-refractivity contribution in [3.8, 4) is 0 Å². The first-order chi connectivity index (χ1) is 15.8. The number of hydrogen-bond donors (Lipinski definition) is 2. The molecule has 2 aromatic rings. The van der Waals surface area contributed by atoms with Crippen LogP contribution in [0.25, 0.3) is 11.2 Å². The summed E-state index contributed by atoms with van der Waals surface area (Å²) >= 11 is 0. The number of rotatable bonds is 6. The number of anilines is 1. The van der Waals surface area contributed by atoms with Crippen molar-refractivity contribution in [3.63, 3.8) is 0 Å². The highest BCUT2D eigenvalue weighted by Crippen LogP contribution is 2.43. The lowest BCUT2D eigenvalue weighted by molar-refractivity contribution is -0.195. The summed E-state index contributed by atoms with van der Waals surface area (Å²) in [5.41, 5.74) is 0.0183. The summed E-state index contributed by atoms with van der Waals surface area (Å²) in [7, 11) is -3.66. The van der Waals surface area contributed by atoms with Crippen molar-refractivity contribution in [2.75, 3.05) is 11.9 Å². The van der Waals surface area contributed by atoms with Gasteiger partial charge < -0.3 is 18.9 Å². The van der Waals surface area contributed by atoms with Gasteiger partial charge in [0, 0.05) is 12.0 Å². The number of carbonyl (C=O) groups is 1. The minimum atomic E-state index is -3.66. The molecule has 4 atom stereocenters. The number of imidazole rings is 1. The van der Waals surface area contributed by atoms with E-state index in [9.17, 15) is 13.2 Å². The highest BCUT2D eigenvalue weighted by Gasteiger charge is 2.56. The number of nitrogens with one attached hydrogen (secondary N) is 2.